The molecule has 2 amide bonds. The number of primary amides is 1. The van der Waals surface area contributed by atoms with Gasteiger partial charge in [0, 0.05) is 35.9 Å². The number of piperidine rings is 1. The summed E-state index contributed by atoms with van der Waals surface area (Å²) in [7, 11) is 1.31. The maximum absolute atomic E-state index is 12.5. The van der Waals surface area contributed by atoms with Crippen LogP contribution in [0.2, 0.25) is 0 Å². The second-order valence-electron chi connectivity index (χ2n) is 6.91. The number of methoxy groups -OCH3 is 1. The van der Waals surface area contributed by atoms with Gasteiger partial charge in [0.15, 0.2) is 11.5 Å². The number of carbonyl (C=O) groups excluding carboxylic acids is 2. The van der Waals surface area contributed by atoms with Crippen LogP contribution in [0.3, 0.4) is 0 Å². The Hall–Kier alpha value is -3.36. The first-order valence-electron chi connectivity index (χ1n) is 9.46. The summed E-state index contributed by atoms with van der Waals surface area (Å²) in [5.41, 5.74) is 7.19. The van der Waals surface area contributed by atoms with Crippen molar-refractivity contribution in [2.24, 2.45) is 11.7 Å². The Labute approximate surface area is 172 Å². The van der Waals surface area contributed by atoms with Crippen molar-refractivity contribution in [2.75, 3.05) is 30.4 Å². The monoisotopic (exact) mass is 419 g/mol. The van der Waals surface area contributed by atoms with Crippen molar-refractivity contribution >= 4 is 23.2 Å². The Morgan fingerprint density at radius 2 is 1.77 bits per heavy atom. The van der Waals surface area contributed by atoms with E-state index in [4.69, 9.17) is 10.5 Å². The third kappa shape index (κ3) is 5.16. The lowest BCUT2D eigenvalue weighted by atomic mass is 9.96. The van der Waals surface area contributed by atoms with Crippen LogP contribution in [0.15, 0.2) is 42.5 Å². The van der Waals surface area contributed by atoms with Crippen molar-refractivity contribution in [2.45, 2.75) is 19.5 Å². The van der Waals surface area contributed by atoms with Crippen molar-refractivity contribution in [3.05, 3.63) is 48.0 Å². The molecule has 1 aliphatic rings. The van der Waals surface area contributed by atoms with Crippen molar-refractivity contribution < 1.29 is 27.8 Å². The predicted molar refractivity (Wildman–Crippen MR) is 108 cm³/mol. The average molecular weight is 419 g/mol. The first-order valence-corrected chi connectivity index (χ1v) is 9.46. The lowest BCUT2D eigenvalue weighted by molar-refractivity contribution is -0.122. The summed E-state index contributed by atoms with van der Waals surface area (Å²) < 4.78 is 34.2. The third-order valence-corrected chi connectivity index (χ3v) is 5.03. The zero-order chi connectivity index (χ0) is 21.7. The molecule has 2 aromatic carbocycles. The Morgan fingerprint density at radius 1 is 1.10 bits per heavy atom. The maximum Gasteiger partial charge on any atom is 0.387 e. The summed E-state index contributed by atoms with van der Waals surface area (Å²) in [6.45, 7) is -1.50. The molecule has 9 heteroatoms. The Balaban J connectivity index is 1.63. The fourth-order valence-corrected chi connectivity index (χ4v) is 3.38. The second-order valence-corrected chi connectivity index (χ2v) is 6.91. The number of benzene rings is 2. The minimum atomic E-state index is -2.99. The third-order valence-electron chi connectivity index (χ3n) is 5.03. The van der Waals surface area contributed by atoms with Crippen molar-refractivity contribution in [1.82, 2.24) is 0 Å². The zero-order valence-electron chi connectivity index (χ0n) is 16.4. The molecule has 3 N–H and O–H groups in total. The average Bonchev–Trinajstić information content (AvgIpc) is 2.74. The molecule has 2 aromatic rings. The number of anilines is 2. The van der Waals surface area contributed by atoms with Gasteiger partial charge in [-0.1, -0.05) is 0 Å². The Morgan fingerprint density at radius 3 is 2.33 bits per heavy atom. The van der Waals surface area contributed by atoms with Crippen LogP contribution in [0.1, 0.15) is 23.2 Å². The molecule has 1 aliphatic heterocycles. The SMILES string of the molecule is COc1cc(C(=O)Nc2ccc(N3CCC(C(N)=O)CC3)cc2)ccc1OC(F)F. The van der Waals surface area contributed by atoms with Crippen LogP contribution < -0.4 is 25.4 Å². The molecule has 0 aromatic heterocycles. The van der Waals surface area contributed by atoms with Crippen LogP contribution in [0, 0.1) is 5.92 Å². The quantitative estimate of drug-likeness (QED) is 0.719. The fraction of sp³-hybridized carbons (Fsp3) is 0.333. The van der Waals surface area contributed by atoms with Crippen LogP contribution in [0.5, 0.6) is 11.5 Å². The van der Waals surface area contributed by atoms with Gasteiger partial charge in [0.25, 0.3) is 5.91 Å². The van der Waals surface area contributed by atoms with Crippen molar-refractivity contribution in [1.29, 1.82) is 0 Å². The van der Waals surface area contributed by atoms with Gasteiger partial charge in [-0.3, -0.25) is 9.59 Å². The van der Waals surface area contributed by atoms with E-state index in [-0.39, 0.29) is 28.9 Å². The highest BCUT2D eigenvalue weighted by Gasteiger charge is 2.23. The molecule has 0 bridgehead atoms. The molecule has 0 radical (unpaired) electrons. The topological polar surface area (TPSA) is 93.9 Å². The molecule has 7 nitrogen and oxygen atoms in total. The molecule has 0 atom stereocenters. The number of rotatable bonds is 7. The fourth-order valence-electron chi connectivity index (χ4n) is 3.38. The first-order chi connectivity index (χ1) is 14.4. The summed E-state index contributed by atoms with van der Waals surface area (Å²) in [4.78, 5) is 25.9. The van der Waals surface area contributed by atoms with Gasteiger partial charge in [-0.2, -0.15) is 8.78 Å². The number of amides is 2. The van der Waals surface area contributed by atoms with Crippen molar-refractivity contribution in [3.63, 3.8) is 0 Å². The van der Waals surface area contributed by atoms with Gasteiger partial charge in [0.05, 0.1) is 7.11 Å². The maximum atomic E-state index is 12.5. The first kappa shape index (κ1) is 21.4. The van der Waals surface area contributed by atoms with Gasteiger partial charge < -0.3 is 25.4 Å². The van der Waals surface area contributed by atoms with E-state index in [2.05, 4.69) is 15.0 Å². The summed E-state index contributed by atoms with van der Waals surface area (Å²) in [6.07, 6.45) is 1.45. The summed E-state index contributed by atoms with van der Waals surface area (Å²) in [6, 6.07) is 11.3. The number of hydrogen-bond acceptors (Lipinski definition) is 5. The van der Waals surface area contributed by atoms with Crippen molar-refractivity contribution in [3.8, 4) is 11.5 Å². The van der Waals surface area contributed by atoms with E-state index < -0.39 is 12.5 Å². The molecule has 30 heavy (non-hydrogen) atoms. The summed E-state index contributed by atoms with van der Waals surface area (Å²) in [5.74, 6) is -0.842. The van der Waals surface area contributed by atoms with Gasteiger partial charge >= 0.3 is 6.61 Å². The molecule has 0 spiro atoms. The van der Waals surface area contributed by atoms with Gasteiger partial charge in [-0.05, 0) is 55.3 Å². The van der Waals surface area contributed by atoms with Gasteiger partial charge in [0.2, 0.25) is 5.91 Å². The number of halogens is 2. The summed E-state index contributed by atoms with van der Waals surface area (Å²) in [5, 5.41) is 2.76. The largest absolute Gasteiger partial charge is 0.493 e. The molecule has 1 fully saturated rings. The van der Waals surface area contributed by atoms with Crippen LogP contribution in [0.25, 0.3) is 0 Å². The van der Waals surface area contributed by atoms with E-state index in [1.807, 2.05) is 12.1 Å². The van der Waals surface area contributed by atoms with E-state index in [9.17, 15) is 18.4 Å². The molecule has 1 heterocycles. The van der Waals surface area contributed by atoms with Crippen LogP contribution >= 0.6 is 0 Å². The smallest absolute Gasteiger partial charge is 0.387 e. The highest BCUT2D eigenvalue weighted by Crippen LogP contribution is 2.30. The number of carbonyl (C=O) groups is 2. The molecule has 3 rings (SSSR count). The minimum Gasteiger partial charge on any atom is -0.493 e. The summed E-state index contributed by atoms with van der Waals surface area (Å²) >= 11 is 0. The predicted octanol–water partition coefficient (Wildman–Crippen LogP) is 3.25. The van der Waals surface area contributed by atoms with E-state index in [1.54, 1.807) is 12.1 Å². The molecular formula is C21H23F2N3O4. The molecule has 0 unspecified atom stereocenters. The second kappa shape index (κ2) is 9.43. The van der Waals surface area contributed by atoms with Crippen LogP contribution in [0.4, 0.5) is 20.2 Å². The Kier molecular flexibility index (Phi) is 6.71. The van der Waals surface area contributed by atoms with Gasteiger partial charge in [0.1, 0.15) is 0 Å². The highest BCUT2D eigenvalue weighted by atomic mass is 19.3. The highest BCUT2D eigenvalue weighted by molar-refractivity contribution is 6.04. The normalized spacial score (nSPS) is 14.5. The van der Waals surface area contributed by atoms with Gasteiger partial charge in [-0.15, -0.1) is 0 Å². The lowest BCUT2D eigenvalue weighted by Gasteiger charge is -2.32. The number of nitrogens with zero attached hydrogens (tertiary/aromatic N) is 1. The standard InChI is InChI=1S/C21H23F2N3O4/c1-29-18-12-14(2-7-17(18)30-21(22)23)20(28)25-15-3-5-16(6-4-15)26-10-8-13(9-11-26)19(24)27/h2-7,12-13,21H,8-11H2,1H3,(H2,24,27)(H,25,28). The van der Waals surface area contributed by atoms with Crippen LogP contribution in [-0.4, -0.2) is 38.6 Å². The van der Waals surface area contributed by atoms with Crippen LogP contribution in [-0.2, 0) is 4.79 Å². The number of nitrogens with two attached hydrogens (primary N) is 1. The number of nitrogens with one attached hydrogen (secondary N) is 1. The van der Waals surface area contributed by atoms with E-state index in [0.717, 1.165) is 31.6 Å². The van der Waals surface area contributed by atoms with E-state index in [0.29, 0.717) is 5.69 Å². The minimum absolute atomic E-state index is 0.0395. The Bertz CT molecular complexity index is 898. The molecule has 0 saturated carbocycles. The molecule has 160 valence electrons. The number of hydrogen-bond donors (Lipinski definition) is 2. The number of ether oxygens (including phenoxy) is 2. The van der Waals surface area contributed by atoms with Gasteiger partial charge in [-0.25, -0.2) is 0 Å². The lowest BCUT2D eigenvalue weighted by Crippen LogP contribution is -2.38. The van der Waals surface area contributed by atoms with E-state index in [1.165, 1.54) is 25.3 Å². The molecule has 1 saturated heterocycles. The van der Waals surface area contributed by atoms with E-state index >= 15 is 0 Å². The number of alkyl halides is 2. The molecule has 0 aliphatic carbocycles. The molecular weight excluding hydrogens is 396 g/mol. The zero-order valence-corrected chi connectivity index (χ0v) is 16.4.